The number of carbonyl (C=O) groups excluding carboxylic acids is 2. The van der Waals surface area contributed by atoms with E-state index in [4.69, 9.17) is 16.3 Å². The normalized spacial score (nSPS) is 12.3. The van der Waals surface area contributed by atoms with Crippen molar-refractivity contribution in [2.75, 3.05) is 13.2 Å². The van der Waals surface area contributed by atoms with Crippen LogP contribution in [0.5, 0.6) is 0 Å². The molecule has 0 bridgehead atoms. The molecule has 1 aromatic rings. The average molecular weight is 464 g/mol. The lowest BCUT2D eigenvalue weighted by Gasteiger charge is -2.09. The summed E-state index contributed by atoms with van der Waals surface area (Å²) in [6.45, 7) is 3.41. The predicted molar refractivity (Wildman–Crippen MR) is 107 cm³/mol. The van der Waals surface area contributed by atoms with Crippen LogP contribution in [0.1, 0.15) is 30.5 Å². The van der Waals surface area contributed by atoms with E-state index in [1.165, 1.54) is 12.1 Å². The third-order valence-electron chi connectivity index (χ3n) is 3.73. The largest absolute Gasteiger partial charge is 0.484 e. The van der Waals surface area contributed by atoms with Crippen molar-refractivity contribution in [1.82, 2.24) is 15.6 Å². The molecule has 0 radical (unpaired) electrons. The van der Waals surface area contributed by atoms with Gasteiger partial charge in [-0.1, -0.05) is 18.2 Å². The Labute approximate surface area is 182 Å². The van der Waals surface area contributed by atoms with Crippen molar-refractivity contribution < 1.29 is 31.9 Å². The fourth-order valence-electron chi connectivity index (χ4n) is 2.14. The highest BCUT2D eigenvalue weighted by atomic mass is 35.5. The number of alkyl halides is 3. The number of halogens is 5. The third kappa shape index (κ3) is 11.2. The predicted octanol–water partition coefficient (Wildman–Crippen LogP) is 4.14. The summed E-state index contributed by atoms with van der Waals surface area (Å²) >= 11 is 5.19. The van der Waals surface area contributed by atoms with Gasteiger partial charge in [0.15, 0.2) is 6.61 Å². The zero-order chi connectivity index (χ0) is 23.3. The minimum Gasteiger partial charge on any atom is -0.484 e. The Morgan fingerprint density at radius 3 is 2.52 bits per heavy atom. The maximum Gasteiger partial charge on any atom is 0.417 e. The van der Waals surface area contributed by atoms with Gasteiger partial charge < -0.3 is 15.4 Å². The Hall–Kier alpha value is -2.88. The first-order valence-electron chi connectivity index (χ1n) is 9.14. The molecule has 0 fully saturated rings. The minimum absolute atomic E-state index is 0.0176. The van der Waals surface area contributed by atoms with E-state index >= 15 is 0 Å². The van der Waals surface area contributed by atoms with Crippen LogP contribution < -0.4 is 10.6 Å². The summed E-state index contributed by atoms with van der Waals surface area (Å²) in [5.41, 5.74) is 0.164. The van der Waals surface area contributed by atoms with Crippen molar-refractivity contribution >= 4 is 23.4 Å². The second-order valence-corrected chi connectivity index (χ2v) is 6.37. The Kier molecular flexibility index (Phi) is 11.3. The van der Waals surface area contributed by atoms with Gasteiger partial charge in [0.1, 0.15) is 11.6 Å². The number of pyridine rings is 1. The summed E-state index contributed by atoms with van der Waals surface area (Å²) in [6.07, 6.45) is -0.353. The standard InChI is InChI=1S/C20H22ClF4N3O3/c1-2-17(9-15(22)10-21)31-13-19(30)26-8-4-3-5-18(29)28-12-16-7-6-14(11-27-16)20(23,24)25/h2,6-7,9-11H,1,3-5,8,12-13H2,(H,26,30)(H,28,29)/b15-10-,17-9+. The number of hydrogen-bond acceptors (Lipinski definition) is 4. The average Bonchev–Trinajstić information content (AvgIpc) is 2.74. The van der Waals surface area contributed by atoms with Crippen LogP contribution in [-0.2, 0) is 27.0 Å². The highest BCUT2D eigenvalue weighted by Crippen LogP contribution is 2.28. The minimum atomic E-state index is -4.46. The van der Waals surface area contributed by atoms with Crippen molar-refractivity contribution in [3.63, 3.8) is 0 Å². The van der Waals surface area contributed by atoms with Gasteiger partial charge in [0.2, 0.25) is 5.91 Å². The van der Waals surface area contributed by atoms with Crippen LogP contribution in [0.3, 0.4) is 0 Å². The number of amides is 2. The molecule has 2 amide bonds. The van der Waals surface area contributed by atoms with E-state index < -0.39 is 23.5 Å². The fraction of sp³-hybridized carbons (Fsp3) is 0.350. The molecule has 0 aromatic carbocycles. The van der Waals surface area contributed by atoms with Crippen LogP contribution in [0.15, 0.2) is 54.2 Å². The zero-order valence-corrected chi connectivity index (χ0v) is 17.2. The zero-order valence-electron chi connectivity index (χ0n) is 16.5. The third-order valence-corrected chi connectivity index (χ3v) is 3.94. The molecule has 2 N–H and O–H groups in total. The second-order valence-electron chi connectivity index (χ2n) is 6.15. The summed E-state index contributed by atoms with van der Waals surface area (Å²) in [5, 5.41) is 5.15. The van der Waals surface area contributed by atoms with Gasteiger partial charge in [-0.2, -0.15) is 13.2 Å². The quantitative estimate of drug-likeness (QED) is 0.211. The number of carbonyl (C=O) groups is 2. The number of nitrogens with one attached hydrogen (secondary N) is 2. The van der Waals surface area contributed by atoms with Gasteiger partial charge in [-0.3, -0.25) is 14.6 Å². The maximum absolute atomic E-state index is 13.0. The lowest BCUT2D eigenvalue weighted by Crippen LogP contribution is -2.28. The molecule has 170 valence electrons. The fourth-order valence-corrected chi connectivity index (χ4v) is 2.20. The summed E-state index contributed by atoms with van der Waals surface area (Å²) in [6, 6.07) is 2.10. The first kappa shape index (κ1) is 26.2. The second kappa shape index (κ2) is 13.4. The van der Waals surface area contributed by atoms with Crippen molar-refractivity contribution in [3.05, 3.63) is 65.4 Å². The first-order valence-corrected chi connectivity index (χ1v) is 9.57. The van der Waals surface area contributed by atoms with E-state index in [9.17, 15) is 27.2 Å². The molecule has 0 saturated heterocycles. The summed E-state index contributed by atoms with van der Waals surface area (Å²) < 4.78 is 55.5. The van der Waals surface area contributed by atoms with E-state index in [-0.39, 0.29) is 31.2 Å². The summed E-state index contributed by atoms with van der Waals surface area (Å²) in [5.74, 6) is -1.42. The molecule has 1 heterocycles. The molecule has 31 heavy (non-hydrogen) atoms. The van der Waals surface area contributed by atoms with E-state index in [1.54, 1.807) is 0 Å². The molecular formula is C20H22ClF4N3O3. The van der Waals surface area contributed by atoms with Crippen molar-refractivity contribution in [2.45, 2.75) is 32.0 Å². The number of aromatic nitrogens is 1. The van der Waals surface area contributed by atoms with Gasteiger partial charge in [0, 0.05) is 30.8 Å². The SMILES string of the molecule is C=C/C(=C\C(F)=C\Cl)OCC(=O)NCCCCC(=O)NCc1ccc(C(F)(F)F)cn1. The molecule has 1 rings (SSSR count). The molecular weight excluding hydrogens is 442 g/mol. The number of nitrogens with zero attached hydrogens (tertiary/aromatic N) is 1. The molecule has 0 aliphatic rings. The van der Waals surface area contributed by atoms with Gasteiger partial charge in [-0.15, -0.1) is 0 Å². The van der Waals surface area contributed by atoms with Crippen LogP contribution in [-0.4, -0.2) is 29.9 Å². The van der Waals surface area contributed by atoms with Crippen molar-refractivity contribution in [1.29, 1.82) is 0 Å². The number of allylic oxidation sites excluding steroid dienone is 3. The van der Waals surface area contributed by atoms with E-state index in [2.05, 4.69) is 22.2 Å². The molecule has 0 saturated carbocycles. The van der Waals surface area contributed by atoms with Gasteiger partial charge >= 0.3 is 6.18 Å². The van der Waals surface area contributed by atoms with Crippen LogP contribution in [0.25, 0.3) is 0 Å². The van der Waals surface area contributed by atoms with Gasteiger partial charge in [-0.25, -0.2) is 4.39 Å². The molecule has 0 unspecified atom stereocenters. The van der Waals surface area contributed by atoms with E-state index in [0.717, 1.165) is 12.1 Å². The smallest absolute Gasteiger partial charge is 0.417 e. The van der Waals surface area contributed by atoms with Gasteiger partial charge in [-0.05, 0) is 31.1 Å². The molecule has 1 aromatic heterocycles. The van der Waals surface area contributed by atoms with Crippen LogP contribution in [0.2, 0.25) is 0 Å². The number of rotatable bonds is 12. The topological polar surface area (TPSA) is 80.3 Å². The molecule has 0 aliphatic carbocycles. The van der Waals surface area contributed by atoms with Crippen molar-refractivity contribution in [3.8, 4) is 0 Å². The first-order chi connectivity index (χ1) is 14.7. The molecule has 0 spiro atoms. The number of unbranched alkanes of at least 4 members (excludes halogenated alkanes) is 1. The maximum atomic E-state index is 13.0. The van der Waals surface area contributed by atoms with E-state index in [0.29, 0.717) is 36.8 Å². The Morgan fingerprint density at radius 1 is 1.19 bits per heavy atom. The summed E-state index contributed by atoms with van der Waals surface area (Å²) in [7, 11) is 0. The molecule has 6 nitrogen and oxygen atoms in total. The molecule has 11 heteroatoms. The monoisotopic (exact) mass is 463 g/mol. The van der Waals surface area contributed by atoms with Crippen LogP contribution in [0.4, 0.5) is 17.6 Å². The van der Waals surface area contributed by atoms with Gasteiger partial charge in [0.25, 0.3) is 5.91 Å². The van der Waals surface area contributed by atoms with E-state index in [1.807, 2.05) is 0 Å². The Morgan fingerprint density at radius 2 is 1.94 bits per heavy atom. The molecule has 0 aliphatic heterocycles. The number of hydrogen-bond donors (Lipinski definition) is 2. The van der Waals surface area contributed by atoms with Gasteiger partial charge in [0.05, 0.1) is 17.8 Å². The summed E-state index contributed by atoms with van der Waals surface area (Å²) in [4.78, 5) is 27.1. The Balaban J connectivity index is 2.19. The Bertz CT molecular complexity index is 809. The van der Waals surface area contributed by atoms with Crippen molar-refractivity contribution in [2.24, 2.45) is 0 Å². The highest BCUT2D eigenvalue weighted by molar-refractivity contribution is 6.25. The molecule has 0 atom stereocenters. The lowest BCUT2D eigenvalue weighted by molar-refractivity contribution is -0.138. The highest BCUT2D eigenvalue weighted by Gasteiger charge is 2.30. The van der Waals surface area contributed by atoms with Crippen LogP contribution in [0, 0.1) is 0 Å². The lowest BCUT2D eigenvalue weighted by atomic mass is 10.2. The number of ether oxygens (including phenoxy) is 1. The van der Waals surface area contributed by atoms with Crippen LogP contribution >= 0.6 is 11.6 Å².